The second-order valence-electron chi connectivity index (χ2n) is 4.43. The van der Waals surface area contributed by atoms with Gasteiger partial charge in [-0.15, -0.1) is 0 Å². The van der Waals surface area contributed by atoms with Gasteiger partial charge in [0, 0.05) is 21.4 Å². The van der Waals surface area contributed by atoms with Crippen molar-refractivity contribution in [2.24, 2.45) is 0 Å². The van der Waals surface area contributed by atoms with E-state index in [1.807, 2.05) is 6.20 Å². The number of aryl methyl sites for hydroxylation is 1. The number of nitrogens with one attached hydrogen (secondary N) is 1. The number of rotatable bonds is 3. The number of ether oxygens (including phenoxy) is 1. The van der Waals surface area contributed by atoms with E-state index in [0.717, 1.165) is 11.3 Å². The van der Waals surface area contributed by atoms with Crippen LogP contribution in [0.15, 0.2) is 58.5 Å². The maximum atomic E-state index is 5.37. The first-order valence-corrected chi connectivity index (χ1v) is 6.98. The Labute approximate surface area is 116 Å². The lowest BCUT2D eigenvalue weighted by atomic mass is 10.2. The summed E-state index contributed by atoms with van der Waals surface area (Å²) in [4.78, 5) is 5.71. The molecule has 0 saturated heterocycles. The summed E-state index contributed by atoms with van der Waals surface area (Å²) in [5.41, 5.74) is 2.34. The van der Waals surface area contributed by atoms with E-state index in [0.29, 0.717) is 0 Å². The normalized spacial score (nSPS) is 10.8. The molecule has 0 aliphatic rings. The summed E-state index contributed by atoms with van der Waals surface area (Å²) in [6.45, 7) is 2.05. The Hall–Kier alpha value is -1.87. The van der Waals surface area contributed by atoms with E-state index in [1.165, 1.54) is 20.7 Å². The van der Waals surface area contributed by atoms with Crippen LogP contribution in [0, 0.1) is 6.92 Å². The van der Waals surface area contributed by atoms with Gasteiger partial charge >= 0.3 is 0 Å². The van der Waals surface area contributed by atoms with Gasteiger partial charge in [-0.05, 0) is 36.8 Å². The fourth-order valence-corrected chi connectivity index (χ4v) is 3.11. The summed E-state index contributed by atoms with van der Waals surface area (Å²) in [6.07, 6.45) is 1.98. The Morgan fingerprint density at radius 1 is 1.11 bits per heavy atom. The van der Waals surface area contributed by atoms with Gasteiger partial charge in [0.05, 0.1) is 12.6 Å². The monoisotopic (exact) mass is 269 g/mol. The highest BCUT2D eigenvalue weighted by atomic mass is 32.2. The average molecular weight is 269 g/mol. The summed E-state index contributed by atoms with van der Waals surface area (Å²) >= 11 is 1.75. The zero-order chi connectivity index (χ0) is 13.2. The molecule has 2 aromatic carbocycles. The molecule has 0 fully saturated rings. The van der Waals surface area contributed by atoms with Crippen LogP contribution in [0.5, 0.6) is 5.75 Å². The molecule has 3 aromatic rings. The maximum absolute atomic E-state index is 5.37. The van der Waals surface area contributed by atoms with Crippen molar-refractivity contribution < 1.29 is 4.74 Å². The molecule has 1 aromatic heterocycles. The van der Waals surface area contributed by atoms with E-state index in [9.17, 15) is 0 Å². The predicted octanol–water partition coefficient (Wildman–Crippen LogP) is 4.64. The lowest BCUT2D eigenvalue weighted by Crippen LogP contribution is -1.87. The zero-order valence-electron chi connectivity index (χ0n) is 10.9. The first kappa shape index (κ1) is 12.2. The number of H-pyrrole nitrogens is 1. The van der Waals surface area contributed by atoms with Gasteiger partial charge in [-0.3, -0.25) is 0 Å². The van der Waals surface area contributed by atoms with Crippen molar-refractivity contribution in [3.63, 3.8) is 0 Å². The van der Waals surface area contributed by atoms with E-state index in [1.54, 1.807) is 18.9 Å². The van der Waals surface area contributed by atoms with Crippen LogP contribution >= 0.6 is 11.8 Å². The van der Waals surface area contributed by atoms with Crippen molar-refractivity contribution in [1.29, 1.82) is 0 Å². The van der Waals surface area contributed by atoms with Crippen LogP contribution in [0.25, 0.3) is 10.9 Å². The molecule has 1 N–H and O–H groups in total. The number of aromatic nitrogens is 1. The molecule has 96 valence electrons. The molecule has 0 amide bonds. The Balaban J connectivity index is 1.99. The molecule has 3 rings (SSSR count). The van der Waals surface area contributed by atoms with Crippen molar-refractivity contribution in [3.8, 4) is 5.75 Å². The molecule has 0 unspecified atom stereocenters. The van der Waals surface area contributed by atoms with Gasteiger partial charge in [0.2, 0.25) is 0 Å². The van der Waals surface area contributed by atoms with E-state index in [2.05, 4.69) is 54.4 Å². The standard InChI is InChI=1S/C16H15NOS/c1-11-6-7-13(10-14(11)18-2)19-15-5-3-4-12-8-9-17-16(12)15/h3-10,17H,1-2H3. The summed E-state index contributed by atoms with van der Waals surface area (Å²) in [5.74, 6) is 0.934. The lowest BCUT2D eigenvalue weighted by molar-refractivity contribution is 0.410. The molecular formula is C16H15NOS. The summed E-state index contributed by atoms with van der Waals surface area (Å²) in [6, 6.07) is 14.7. The molecule has 0 atom stereocenters. The van der Waals surface area contributed by atoms with Crippen molar-refractivity contribution in [2.45, 2.75) is 16.7 Å². The van der Waals surface area contributed by atoms with Crippen LogP contribution in [0.4, 0.5) is 0 Å². The van der Waals surface area contributed by atoms with Gasteiger partial charge in [0.1, 0.15) is 5.75 Å². The zero-order valence-corrected chi connectivity index (χ0v) is 11.8. The molecule has 0 aliphatic carbocycles. The predicted molar refractivity (Wildman–Crippen MR) is 80.2 cm³/mol. The number of para-hydroxylation sites is 1. The van der Waals surface area contributed by atoms with Crippen LogP contribution in [0.3, 0.4) is 0 Å². The maximum Gasteiger partial charge on any atom is 0.122 e. The minimum Gasteiger partial charge on any atom is -0.496 e. The molecule has 3 heteroatoms. The molecule has 0 bridgehead atoms. The first-order chi connectivity index (χ1) is 9.28. The fraction of sp³-hybridized carbons (Fsp3) is 0.125. The molecule has 0 spiro atoms. The summed E-state index contributed by atoms with van der Waals surface area (Å²) in [7, 11) is 1.71. The van der Waals surface area contributed by atoms with Crippen molar-refractivity contribution >= 4 is 22.7 Å². The van der Waals surface area contributed by atoms with Crippen molar-refractivity contribution in [1.82, 2.24) is 4.98 Å². The summed E-state index contributed by atoms with van der Waals surface area (Å²) < 4.78 is 5.37. The SMILES string of the molecule is COc1cc(Sc2cccc3cc[nH]c23)ccc1C. The lowest BCUT2D eigenvalue weighted by Gasteiger charge is -2.08. The molecule has 1 heterocycles. The third kappa shape index (κ3) is 2.34. The van der Waals surface area contributed by atoms with Crippen LogP contribution < -0.4 is 4.74 Å². The highest BCUT2D eigenvalue weighted by Gasteiger charge is 2.06. The molecule has 0 saturated carbocycles. The van der Waals surface area contributed by atoms with Gasteiger partial charge in [0.25, 0.3) is 0 Å². The van der Waals surface area contributed by atoms with E-state index in [4.69, 9.17) is 4.74 Å². The highest BCUT2D eigenvalue weighted by Crippen LogP contribution is 2.35. The molecule has 2 nitrogen and oxygen atoms in total. The molecule has 19 heavy (non-hydrogen) atoms. The largest absolute Gasteiger partial charge is 0.496 e. The molecular weight excluding hydrogens is 254 g/mol. The summed E-state index contributed by atoms with van der Waals surface area (Å²) in [5, 5.41) is 1.24. The highest BCUT2D eigenvalue weighted by molar-refractivity contribution is 7.99. The van der Waals surface area contributed by atoms with E-state index >= 15 is 0 Å². The minimum atomic E-state index is 0.934. The number of aromatic amines is 1. The number of fused-ring (bicyclic) bond motifs is 1. The van der Waals surface area contributed by atoms with Crippen LogP contribution in [-0.4, -0.2) is 12.1 Å². The quantitative estimate of drug-likeness (QED) is 0.749. The average Bonchev–Trinajstić information content (AvgIpc) is 2.90. The first-order valence-electron chi connectivity index (χ1n) is 6.16. The van der Waals surface area contributed by atoms with Gasteiger partial charge < -0.3 is 9.72 Å². The van der Waals surface area contributed by atoms with Gasteiger partial charge in [0.15, 0.2) is 0 Å². The molecule has 0 aliphatic heterocycles. The van der Waals surface area contributed by atoms with Gasteiger partial charge in [-0.2, -0.15) is 0 Å². The van der Waals surface area contributed by atoms with Crippen LogP contribution in [-0.2, 0) is 0 Å². The van der Waals surface area contributed by atoms with Crippen molar-refractivity contribution in [2.75, 3.05) is 7.11 Å². The third-order valence-electron chi connectivity index (χ3n) is 3.16. The smallest absolute Gasteiger partial charge is 0.122 e. The Bertz CT molecular complexity index is 718. The van der Waals surface area contributed by atoms with E-state index < -0.39 is 0 Å². The minimum absolute atomic E-state index is 0.934. The number of hydrogen-bond donors (Lipinski definition) is 1. The second kappa shape index (κ2) is 5.02. The Morgan fingerprint density at radius 2 is 2.00 bits per heavy atom. The Kier molecular flexibility index (Phi) is 3.22. The van der Waals surface area contributed by atoms with Crippen LogP contribution in [0.2, 0.25) is 0 Å². The van der Waals surface area contributed by atoms with Gasteiger partial charge in [-0.25, -0.2) is 0 Å². The van der Waals surface area contributed by atoms with E-state index in [-0.39, 0.29) is 0 Å². The third-order valence-corrected chi connectivity index (χ3v) is 4.21. The topological polar surface area (TPSA) is 25.0 Å². The fourth-order valence-electron chi connectivity index (χ4n) is 2.13. The van der Waals surface area contributed by atoms with Crippen LogP contribution in [0.1, 0.15) is 5.56 Å². The van der Waals surface area contributed by atoms with Gasteiger partial charge in [-0.1, -0.05) is 30.0 Å². The molecule has 0 radical (unpaired) electrons. The number of benzene rings is 2. The number of methoxy groups -OCH3 is 1. The second-order valence-corrected chi connectivity index (χ2v) is 5.55. The van der Waals surface area contributed by atoms with Crippen molar-refractivity contribution in [3.05, 3.63) is 54.2 Å². The Morgan fingerprint density at radius 3 is 2.84 bits per heavy atom. The number of hydrogen-bond acceptors (Lipinski definition) is 2.